The summed E-state index contributed by atoms with van der Waals surface area (Å²) in [7, 11) is 0. The van der Waals surface area contributed by atoms with Crippen molar-refractivity contribution in [3.8, 4) is 5.75 Å². The Bertz CT molecular complexity index is 310. The van der Waals surface area contributed by atoms with Crippen molar-refractivity contribution in [3.63, 3.8) is 0 Å². The van der Waals surface area contributed by atoms with Crippen LogP contribution in [-0.2, 0) is 0 Å². The maximum Gasteiger partial charge on any atom is 0.124 e. The number of hydrogen-bond donors (Lipinski definition) is 1. The molecular formula is C11H16BrNO. The predicted molar refractivity (Wildman–Crippen MR) is 62.5 cm³/mol. The highest BCUT2D eigenvalue weighted by Crippen LogP contribution is 2.28. The molecule has 2 N–H and O–H groups in total. The lowest BCUT2D eigenvalue weighted by molar-refractivity contribution is 0.239. The number of halogens is 1. The molecule has 78 valence electrons. The highest BCUT2D eigenvalue weighted by Gasteiger charge is 2.09. The molecule has 0 aliphatic rings. The van der Waals surface area contributed by atoms with Crippen molar-refractivity contribution in [1.82, 2.24) is 0 Å². The van der Waals surface area contributed by atoms with E-state index in [0.29, 0.717) is 0 Å². The number of nitrogens with two attached hydrogens (primary N) is 1. The van der Waals surface area contributed by atoms with Crippen molar-refractivity contribution in [3.05, 3.63) is 28.2 Å². The van der Waals surface area contributed by atoms with Crippen LogP contribution in [0.3, 0.4) is 0 Å². The monoisotopic (exact) mass is 257 g/mol. The van der Waals surface area contributed by atoms with Crippen LogP contribution in [0.2, 0.25) is 0 Å². The Kier molecular flexibility index (Phi) is 3.96. The van der Waals surface area contributed by atoms with Gasteiger partial charge in [0.1, 0.15) is 5.75 Å². The molecule has 0 heterocycles. The van der Waals surface area contributed by atoms with Crippen molar-refractivity contribution in [1.29, 1.82) is 0 Å². The van der Waals surface area contributed by atoms with Gasteiger partial charge in [-0.05, 0) is 39.0 Å². The minimum atomic E-state index is -0.0127. The van der Waals surface area contributed by atoms with Gasteiger partial charge in [0.05, 0.1) is 6.10 Å². The van der Waals surface area contributed by atoms with Gasteiger partial charge in [0.2, 0.25) is 0 Å². The Balaban J connectivity index is 3.02. The van der Waals surface area contributed by atoms with E-state index in [1.165, 1.54) is 0 Å². The molecule has 1 rings (SSSR count). The summed E-state index contributed by atoms with van der Waals surface area (Å²) in [5.74, 6) is 0.873. The van der Waals surface area contributed by atoms with Crippen LogP contribution in [0, 0.1) is 0 Å². The van der Waals surface area contributed by atoms with Crippen LogP contribution in [0.5, 0.6) is 5.75 Å². The minimum absolute atomic E-state index is 0.0127. The Morgan fingerprint density at radius 3 is 2.43 bits per heavy atom. The van der Waals surface area contributed by atoms with E-state index in [1.54, 1.807) is 0 Å². The molecule has 0 spiro atoms. The fraction of sp³-hybridized carbons (Fsp3) is 0.455. The van der Waals surface area contributed by atoms with Gasteiger partial charge in [-0.1, -0.05) is 15.9 Å². The van der Waals surface area contributed by atoms with Crippen molar-refractivity contribution in [2.75, 3.05) is 0 Å². The van der Waals surface area contributed by atoms with Gasteiger partial charge in [0, 0.05) is 16.1 Å². The molecule has 1 atom stereocenters. The molecule has 14 heavy (non-hydrogen) atoms. The topological polar surface area (TPSA) is 35.2 Å². The highest BCUT2D eigenvalue weighted by molar-refractivity contribution is 9.10. The van der Waals surface area contributed by atoms with E-state index in [-0.39, 0.29) is 12.1 Å². The van der Waals surface area contributed by atoms with Gasteiger partial charge in [0.15, 0.2) is 0 Å². The average molecular weight is 258 g/mol. The van der Waals surface area contributed by atoms with Crippen LogP contribution in [0.25, 0.3) is 0 Å². The molecule has 3 heteroatoms. The summed E-state index contributed by atoms with van der Waals surface area (Å²) in [4.78, 5) is 0. The largest absolute Gasteiger partial charge is 0.491 e. The molecule has 2 nitrogen and oxygen atoms in total. The van der Waals surface area contributed by atoms with Crippen molar-refractivity contribution < 1.29 is 4.74 Å². The molecule has 0 bridgehead atoms. The molecule has 0 unspecified atom stereocenters. The molecule has 0 aliphatic carbocycles. The van der Waals surface area contributed by atoms with E-state index >= 15 is 0 Å². The van der Waals surface area contributed by atoms with E-state index < -0.39 is 0 Å². The van der Waals surface area contributed by atoms with Gasteiger partial charge < -0.3 is 10.5 Å². The second kappa shape index (κ2) is 4.80. The Morgan fingerprint density at radius 1 is 1.29 bits per heavy atom. The van der Waals surface area contributed by atoms with Gasteiger partial charge >= 0.3 is 0 Å². The Labute approximate surface area is 93.6 Å². The lowest BCUT2D eigenvalue weighted by Crippen LogP contribution is -2.12. The average Bonchev–Trinajstić information content (AvgIpc) is 2.07. The maximum atomic E-state index is 5.86. The summed E-state index contributed by atoms with van der Waals surface area (Å²) >= 11 is 3.42. The van der Waals surface area contributed by atoms with Crippen LogP contribution < -0.4 is 10.5 Å². The number of rotatable bonds is 3. The third kappa shape index (κ3) is 3.00. The summed E-state index contributed by atoms with van der Waals surface area (Å²) in [6.07, 6.45) is 0.175. The van der Waals surface area contributed by atoms with Crippen LogP contribution >= 0.6 is 15.9 Å². The lowest BCUT2D eigenvalue weighted by Gasteiger charge is -2.16. The van der Waals surface area contributed by atoms with Crippen LogP contribution in [0.1, 0.15) is 32.4 Å². The van der Waals surface area contributed by atoms with Crippen LogP contribution in [0.4, 0.5) is 0 Å². The molecule has 0 saturated heterocycles. The molecule has 0 radical (unpaired) electrons. The summed E-state index contributed by atoms with van der Waals surface area (Å²) < 4.78 is 6.69. The molecule has 0 saturated carbocycles. The summed E-state index contributed by atoms with van der Waals surface area (Å²) in [5.41, 5.74) is 6.89. The molecule has 0 aliphatic heterocycles. The van der Waals surface area contributed by atoms with E-state index in [1.807, 2.05) is 39.0 Å². The smallest absolute Gasteiger partial charge is 0.124 e. The number of hydrogen-bond acceptors (Lipinski definition) is 2. The number of ether oxygens (including phenoxy) is 1. The maximum absolute atomic E-state index is 5.86. The first-order chi connectivity index (χ1) is 6.50. The standard InChI is InChI=1S/C11H16BrNO/c1-7(2)14-11-5-4-9(12)6-10(11)8(3)13/h4-8H,13H2,1-3H3/t8-/m0/s1. The predicted octanol–water partition coefficient (Wildman–Crippen LogP) is 3.26. The highest BCUT2D eigenvalue weighted by atomic mass is 79.9. The second-order valence-corrected chi connectivity index (χ2v) is 4.55. The number of benzene rings is 1. The van der Waals surface area contributed by atoms with Gasteiger partial charge in [-0.3, -0.25) is 0 Å². The molecule has 0 aromatic heterocycles. The van der Waals surface area contributed by atoms with E-state index in [2.05, 4.69) is 15.9 Å². The van der Waals surface area contributed by atoms with Gasteiger partial charge in [-0.15, -0.1) is 0 Å². The zero-order chi connectivity index (χ0) is 10.7. The Hall–Kier alpha value is -0.540. The van der Waals surface area contributed by atoms with Gasteiger partial charge in [0.25, 0.3) is 0 Å². The normalized spacial score (nSPS) is 13.0. The fourth-order valence-corrected chi connectivity index (χ4v) is 1.62. The summed E-state index contributed by atoms with van der Waals surface area (Å²) in [6, 6.07) is 5.90. The van der Waals surface area contributed by atoms with Crippen LogP contribution in [-0.4, -0.2) is 6.10 Å². The molecule has 0 fully saturated rings. The van der Waals surface area contributed by atoms with Gasteiger partial charge in [-0.25, -0.2) is 0 Å². The lowest BCUT2D eigenvalue weighted by atomic mass is 10.1. The third-order valence-corrected chi connectivity index (χ3v) is 2.32. The van der Waals surface area contributed by atoms with Crippen LogP contribution in [0.15, 0.2) is 22.7 Å². The fourth-order valence-electron chi connectivity index (χ4n) is 1.24. The van der Waals surface area contributed by atoms with Crippen molar-refractivity contribution >= 4 is 15.9 Å². The molecule has 1 aromatic carbocycles. The summed E-state index contributed by atoms with van der Waals surface area (Å²) in [6.45, 7) is 5.97. The molecular weight excluding hydrogens is 242 g/mol. The minimum Gasteiger partial charge on any atom is -0.491 e. The Morgan fingerprint density at radius 2 is 1.93 bits per heavy atom. The van der Waals surface area contributed by atoms with E-state index in [0.717, 1.165) is 15.8 Å². The second-order valence-electron chi connectivity index (χ2n) is 3.64. The van der Waals surface area contributed by atoms with Gasteiger partial charge in [-0.2, -0.15) is 0 Å². The van der Waals surface area contributed by atoms with Crippen molar-refractivity contribution in [2.45, 2.75) is 32.9 Å². The zero-order valence-corrected chi connectivity index (χ0v) is 10.3. The quantitative estimate of drug-likeness (QED) is 0.903. The molecule has 0 amide bonds. The zero-order valence-electron chi connectivity index (χ0n) is 8.75. The first-order valence-electron chi connectivity index (χ1n) is 4.72. The van der Waals surface area contributed by atoms with Crippen molar-refractivity contribution in [2.24, 2.45) is 5.73 Å². The first kappa shape index (κ1) is 11.5. The first-order valence-corrected chi connectivity index (χ1v) is 5.51. The van der Waals surface area contributed by atoms with E-state index in [4.69, 9.17) is 10.5 Å². The molecule has 1 aromatic rings. The third-order valence-electron chi connectivity index (χ3n) is 1.83. The van der Waals surface area contributed by atoms with E-state index in [9.17, 15) is 0 Å². The summed E-state index contributed by atoms with van der Waals surface area (Å²) in [5, 5.41) is 0. The SMILES string of the molecule is CC(C)Oc1ccc(Br)cc1[C@H](C)N.